The fourth-order valence-corrected chi connectivity index (χ4v) is 2.72. The summed E-state index contributed by atoms with van der Waals surface area (Å²) in [6.07, 6.45) is 0. The van der Waals surface area contributed by atoms with Gasteiger partial charge in [-0.15, -0.1) is 10.2 Å². The molecule has 7 heteroatoms. The number of nitrogens with zero attached hydrogens (tertiary/aromatic N) is 3. The van der Waals surface area contributed by atoms with Gasteiger partial charge in [0.05, 0.1) is 6.61 Å². The van der Waals surface area contributed by atoms with Gasteiger partial charge in [0.25, 0.3) is 0 Å². The average molecular weight is 248 g/mol. The molecular weight excluding hydrogens is 232 g/mol. The smallest absolute Gasteiger partial charge is 0.208 e. The Balaban J connectivity index is 2.43. The van der Waals surface area contributed by atoms with Gasteiger partial charge >= 0.3 is 0 Å². The predicted molar refractivity (Wildman–Crippen MR) is 64.9 cm³/mol. The Morgan fingerprint density at radius 1 is 1.53 bits per heavy atom. The molecular formula is C8H16N4OS2. The van der Waals surface area contributed by atoms with Gasteiger partial charge in [-0.05, 0) is 7.05 Å². The Morgan fingerprint density at radius 3 is 2.73 bits per heavy atom. The Hall–Kier alpha value is -0.370. The van der Waals surface area contributed by atoms with Crippen molar-refractivity contribution in [2.24, 2.45) is 0 Å². The number of hydrogen-bond donors (Lipinski definition) is 2. The van der Waals surface area contributed by atoms with E-state index in [1.165, 1.54) is 0 Å². The van der Waals surface area contributed by atoms with E-state index >= 15 is 0 Å². The number of thioether (sulfide) groups is 1. The Morgan fingerprint density at radius 2 is 2.27 bits per heavy atom. The third-order valence-corrected chi connectivity index (χ3v) is 4.20. The molecule has 0 saturated carbocycles. The summed E-state index contributed by atoms with van der Waals surface area (Å²) in [5.74, 6) is 0.801. The molecule has 15 heavy (non-hydrogen) atoms. The lowest BCUT2D eigenvalue weighted by Crippen LogP contribution is -2.31. The molecule has 1 atom stereocenters. The minimum Gasteiger partial charge on any atom is -0.395 e. The van der Waals surface area contributed by atoms with Crippen LogP contribution in [0.4, 0.5) is 5.13 Å². The third-order valence-electron chi connectivity index (χ3n) is 1.81. The molecule has 1 heterocycles. The van der Waals surface area contributed by atoms with Crippen LogP contribution in [0.1, 0.15) is 0 Å². The normalized spacial score (nSPS) is 12.8. The third kappa shape index (κ3) is 3.94. The molecule has 0 radical (unpaired) electrons. The van der Waals surface area contributed by atoms with Gasteiger partial charge in [0, 0.05) is 25.9 Å². The second kappa shape index (κ2) is 6.26. The number of anilines is 1. The lowest BCUT2D eigenvalue weighted by molar-refractivity contribution is 0.260. The summed E-state index contributed by atoms with van der Waals surface area (Å²) in [5, 5.41) is 21.0. The highest BCUT2D eigenvalue weighted by Crippen LogP contribution is 2.26. The maximum absolute atomic E-state index is 8.98. The van der Waals surface area contributed by atoms with Crippen molar-refractivity contribution in [1.29, 1.82) is 0 Å². The van der Waals surface area contributed by atoms with E-state index in [0.717, 1.165) is 15.2 Å². The van der Waals surface area contributed by atoms with E-state index < -0.39 is 0 Å². The lowest BCUT2D eigenvalue weighted by atomic mass is 10.4. The van der Waals surface area contributed by atoms with Gasteiger partial charge in [0.15, 0.2) is 4.34 Å². The fraction of sp³-hybridized carbons (Fsp3) is 0.750. The molecule has 0 aliphatic rings. The number of likely N-dealkylation sites (N-methyl/N-ethyl adjacent to an activating group) is 1. The van der Waals surface area contributed by atoms with Crippen molar-refractivity contribution < 1.29 is 5.11 Å². The Labute approximate surface area is 97.9 Å². The largest absolute Gasteiger partial charge is 0.395 e. The average Bonchev–Trinajstić information content (AvgIpc) is 2.68. The quantitative estimate of drug-likeness (QED) is 0.705. The van der Waals surface area contributed by atoms with Crippen LogP contribution in [-0.2, 0) is 0 Å². The molecule has 0 aliphatic carbocycles. The van der Waals surface area contributed by atoms with Crippen LogP contribution >= 0.6 is 23.1 Å². The van der Waals surface area contributed by atoms with E-state index in [4.69, 9.17) is 5.11 Å². The first kappa shape index (κ1) is 12.7. The maximum Gasteiger partial charge on any atom is 0.208 e. The molecule has 1 rings (SSSR count). The zero-order valence-corrected chi connectivity index (χ0v) is 10.7. The van der Waals surface area contributed by atoms with Crippen molar-refractivity contribution in [2.75, 3.05) is 38.4 Å². The highest BCUT2D eigenvalue weighted by molar-refractivity contribution is 8.01. The van der Waals surface area contributed by atoms with E-state index in [-0.39, 0.29) is 12.6 Å². The molecule has 0 aliphatic heterocycles. The second-order valence-corrected chi connectivity index (χ2v) is 5.45. The first-order valence-electron chi connectivity index (χ1n) is 4.59. The molecule has 1 aromatic rings. The number of aromatic nitrogens is 2. The van der Waals surface area contributed by atoms with Gasteiger partial charge in [-0.3, -0.25) is 0 Å². The molecule has 0 spiro atoms. The monoisotopic (exact) mass is 248 g/mol. The van der Waals surface area contributed by atoms with Crippen LogP contribution in [0.5, 0.6) is 0 Å². The first-order chi connectivity index (χ1) is 7.17. The summed E-state index contributed by atoms with van der Waals surface area (Å²) >= 11 is 3.17. The summed E-state index contributed by atoms with van der Waals surface area (Å²) in [4.78, 5) is 1.93. The van der Waals surface area contributed by atoms with Crippen LogP contribution in [-0.4, -0.2) is 54.8 Å². The molecule has 86 valence electrons. The Bertz CT molecular complexity index is 288. The maximum atomic E-state index is 8.98. The van der Waals surface area contributed by atoms with Gasteiger partial charge in [0.2, 0.25) is 5.13 Å². The number of aliphatic hydroxyl groups is 1. The second-order valence-electron chi connectivity index (χ2n) is 3.22. The number of aliphatic hydroxyl groups excluding tert-OH is 1. The number of rotatable bonds is 6. The molecule has 5 nitrogen and oxygen atoms in total. The molecule has 2 N–H and O–H groups in total. The van der Waals surface area contributed by atoms with Gasteiger partial charge in [0.1, 0.15) is 0 Å². The topological polar surface area (TPSA) is 61.3 Å². The van der Waals surface area contributed by atoms with Gasteiger partial charge in [-0.25, -0.2) is 0 Å². The standard InChI is InChI=1S/C8H16N4OS2/c1-9-6(4-13)5-14-8-11-10-7(15-8)12(2)3/h6,9,13H,4-5H2,1-3H3. The van der Waals surface area contributed by atoms with E-state index in [2.05, 4.69) is 15.5 Å². The van der Waals surface area contributed by atoms with Crippen molar-refractivity contribution in [3.63, 3.8) is 0 Å². The minimum atomic E-state index is 0.113. The first-order valence-corrected chi connectivity index (χ1v) is 6.39. The summed E-state index contributed by atoms with van der Waals surface area (Å²) in [6.45, 7) is 0.142. The van der Waals surface area contributed by atoms with E-state index in [1.54, 1.807) is 23.1 Å². The van der Waals surface area contributed by atoms with Crippen molar-refractivity contribution in [3.8, 4) is 0 Å². The van der Waals surface area contributed by atoms with Crippen LogP contribution in [0.15, 0.2) is 4.34 Å². The van der Waals surface area contributed by atoms with Gasteiger partial charge < -0.3 is 15.3 Å². The molecule has 0 saturated heterocycles. The van der Waals surface area contributed by atoms with Gasteiger partial charge in [-0.2, -0.15) is 0 Å². The van der Waals surface area contributed by atoms with Crippen LogP contribution in [0.3, 0.4) is 0 Å². The van der Waals surface area contributed by atoms with Crippen LogP contribution < -0.4 is 10.2 Å². The zero-order valence-electron chi connectivity index (χ0n) is 9.10. The highest BCUT2D eigenvalue weighted by Gasteiger charge is 2.09. The van der Waals surface area contributed by atoms with E-state index in [9.17, 15) is 0 Å². The van der Waals surface area contributed by atoms with Gasteiger partial charge in [-0.1, -0.05) is 23.1 Å². The number of nitrogens with one attached hydrogen (secondary N) is 1. The van der Waals surface area contributed by atoms with E-state index in [0.29, 0.717) is 0 Å². The molecule has 0 amide bonds. The lowest BCUT2D eigenvalue weighted by Gasteiger charge is -2.10. The fourth-order valence-electron chi connectivity index (χ4n) is 0.841. The minimum absolute atomic E-state index is 0.113. The predicted octanol–water partition coefficient (Wildman–Crippen LogP) is 0.276. The van der Waals surface area contributed by atoms with E-state index in [1.807, 2.05) is 26.0 Å². The molecule has 0 fully saturated rings. The molecule has 1 aromatic heterocycles. The summed E-state index contributed by atoms with van der Waals surface area (Å²) in [5.41, 5.74) is 0. The highest BCUT2D eigenvalue weighted by atomic mass is 32.2. The SMILES string of the molecule is CNC(CO)CSc1nnc(N(C)C)s1. The number of hydrogen-bond acceptors (Lipinski definition) is 7. The summed E-state index contributed by atoms with van der Waals surface area (Å²) in [7, 11) is 5.73. The zero-order chi connectivity index (χ0) is 11.3. The van der Waals surface area contributed by atoms with Crippen LogP contribution in [0, 0.1) is 0 Å². The Kier molecular flexibility index (Phi) is 5.30. The summed E-state index contributed by atoms with van der Waals surface area (Å²) in [6, 6.07) is 0.113. The van der Waals surface area contributed by atoms with Crippen molar-refractivity contribution in [3.05, 3.63) is 0 Å². The van der Waals surface area contributed by atoms with Crippen LogP contribution in [0.25, 0.3) is 0 Å². The van der Waals surface area contributed by atoms with Crippen molar-refractivity contribution >= 4 is 28.2 Å². The van der Waals surface area contributed by atoms with Crippen molar-refractivity contribution in [2.45, 2.75) is 10.4 Å². The van der Waals surface area contributed by atoms with Crippen LogP contribution in [0.2, 0.25) is 0 Å². The summed E-state index contributed by atoms with van der Waals surface area (Å²) < 4.78 is 0.937. The molecule has 0 aromatic carbocycles. The molecule has 1 unspecified atom stereocenters. The van der Waals surface area contributed by atoms with Crippen molar-refractivity contribution in [1.82, 2.24) is 15.5 Å². The molecule has 0 bridgehead atoms.